The van der Waals surface area contributed by atoms with Gasteiger partial charge in [-0.05, 0) is 54.8 Å². The summed E-state index contributed by atoms with van der Waals surface area (Å²) in [6.45, 7) is 1.89. The molecule has 7 heteroatoms. The molecule has 2 amide bonds. The maximum absolute atomic E-state index is 13.6. The normalized spacial score (nSPS) is 16.9. The molecule has 0 spiro atoms. The molecule has 0 bridgehead atoms. The number of nitrogens with zero attached hydrogens (tertiary/aromatic N) is 2. The molecule has 1 saturated heterocycles. The number of nitriles is 1. The summed E-state index contributed by atoms with van der Waals surface area (Å²) in [5.74, 6) is -0.731. The Morgan fingerprint density at radius 3 is 2.52 bits per heavy atom. The van der Waals surface area contributed by atoms with Gasteiger partial charge in [-0.1, -0.05) is 71.9 Å². The van der Waals surface area contributed by atoms with Crippen LogP contribution >= 0.6 is 23.4 Å². The predicted molar refractivity (Wildman–Crippen MR) is 133 cm³/mol. The fourth-order valence-corrected chi connectivity index (χ4v) is 5.13. The molecule has 3 aromatic rings. The van der Waals surface area contributed by atoms with Gasteiger partial charge in [-0.15, -0.1) is 0 Å². The minimum absolute atomic E-state index is 0.103. The van der Waals surface area contributed by atoms with Crippen LogP contribution in [0.4, 0.5) is 11.4 Å². The number of hydrogen-bond donors (Lipinski definition) is 1. The van der Waals surface area contributed by atoms with Crippen LogP contribution in [0, 0.1) is 18.3 Å². The van der Waals surface area contributed by atoms with E-state index < -0.39 is 11.2 Å². The SMILES string of the molecule is Cc1ccccc1N1C(=O)[C@H](Cc2cccc(Cl)c2)S/C1=C(\C#N)C(=O)Nc1ccccc1. The van der Waals surface area contributed by atoms with Crippen LogP contribution in [0.15, 0.2) is 89.5 Å². The van der Waals surface area contributed by atoms with Gasteiger partial charge in [-0.25, -0.2) is 0 Å². The van der Waals surface area contributed by atoms with Crippen molar-refractivity contribution in [3.8, 4) is 6.07 Å². The lowest BCUT2D eigenvalue weighted by Gasteiger charge is -2.20. The fraction of sp³-hybridized carbons (Fsp3) is 0.115. The lowest BCUT2D eigenvalue weighted by Crippen LogP contribution is -2.31. The van der Waals surface area contributed by atoms with Gasteiger partial charge in [0.1, 0.15) is 16.7 Å². The first-order valence-electron chi connectivity index (χ1n) is 10.3. The maximum atomic E-state index is 13.6. The number of rotatable bonds is 5. The number of benzene rings is 3. The highest BCUT2D eigenvalue weighted by atomic mass is 35.5. The molecule has 0 radical (unpaired) electrons. The Balaban J connectivity index is 1.75. The second-order valence-corrected chi connectivity index (χ2v) is 9.14. The van der Waals surface area contributed by atoms with Crippen molar-refractivity contribution in [1.29, 1.82) is 5.26 Å². The topological polar surface area (TPSA) is 73.2 Å². The molecule has 3 aromatic carbocycles. The average Bonchev–Trinajstić information content (AvgIpc) is 3.11. The number of para-hydroxylation sites is 2. The zero-order valence-electron chi connectivity index (χ0n) is 17.8. The Morgan fingerprint density at radius 1 is 1.09 bits per heavy atom. The monoisotopic (exact) mass is 473 g/mol. The van der Waals surface area contributed by atoms with Gasteiger partial charge in [0.2, 0.25) is 5.91 Å². The van der Waals surface area contributed by atoms with E-state index >= 15 is 0 Å². The number of amides is 2. The van der Waals surface area contributed by atoms with E-state index in [-0.39, 0.29) is 11.5 Å². The molecule has 1 heterocycles. The Bertz CT molecular complexity index is 1280. The van der Waals surface area contributed by atoms with Gasteiger partial charge in [-0.3, -0.25) is 14.5 Å². The van der Waals surface area contributed by atoms with Crippen LogP contribution in [0.5, 0.6) is 0 Å². The highest BCUT2D eigenvalue weighted by molar-refractivity contribution is 8.05. The van der Waals surface area contributed by atoms with Gasteiger partial charge in [-0.2, -0.15) is 5.26 Å². The number of halogens is 1. The molecular weight excluding hydrogens is 454 g/mol. The first kappa shape index (κ1) is 22.7. The average molecular weight is 474 g/mol. The summed E-state index contributed by atoms with van der Waals surface area (Å²) in [4.78, 5) is 28.1. The number of carbonyl (C=O) groups excluding carboxylic acids is 2. The quantitative estimate of drug-likeness (QED) is 0.380. The molecule has 0 saturated carbocycles. The van der Waals surface area contributed by atoms with Gasteiger partial charge in [0.25, 0.3) is 5.91 Å². The van der Waals surface area contributed by atoms with Gasteiger partial charge in [0.15, 0.2) is 0 Å². The number of hydrogen-bond acceptors (Lipinski definition) is 4. The van der Waals surface area contributed by atoms with Crippen LogP contribution in [0.25, 0.3) is 0 Å². The first-order valence-corrected chi connectivity index (χ1v) is 11.5. The van der Waals surface area contributed by atoms with Gasteiger partial charge in [0.05, 0.1) is 10.9 Å². The van der Waals surface area contributed by atoms with Gasteiger partial charge >= 0.3 is 0 Å². The molecule has 1 aliphatic heterocycles. The molecule has 33 heavy (non-hydrogen) atoms. The van der Waals surface area contributed by atoms with Crippen LogP contribution in [0.1, 0.15) is 11.1 Å². The van der Waals surface area contributed by atoms with Crippen molar-refractivity contribution in [2.45, 2.75) is 18.6 Å². The zero-order chi connectivity index (χ0) is 23.4. The summed E-state index contributed by atoms with van der Waals surface area (Å²) in [5.41, 5.74) is 2.90. The van der Waals surface area contributed by atoms with Gasteiger partial charge < -0.3 is 5.32 Å². The lowest BCUT2D eigenvalue weighted by molar-refractivity contribution is -0.117. The van der Waals surface area contributed by atoms with Crippen molar-refractivity contribution in [2.75, 3.05) is 10.2 Å². The molecule has 1 N–H and O–H groups in total. The van der Waals surface area contributed by atoms with Crippen molar-refractivity contribution in [2.24, 2.45) is 0 Å². The van der Waals surface area contributed by atoms with Crippen molar-refractivity contribution in [3.05, 3.63) is 106 Å². The maximum Gasteiger partial charge on any atom is 0.269 e. The summed E-state index contributed by atoms with van der Waals surface area (Å²) in [7, 11) is 0. The largest absolute Gasteiger partial charge is 0.321 e. The van der Waals surface area contributed by atoms with Crippen molar-refractivity contribution in [3.63, 3.8) is 0 Å². The Morgan fingerprint density at radius 2 is 1.82 bits per heavy atom. The second-order valence-electron chi connectivity index (χ2n) is 7.51. The summed E-state index contributed by atoms with van der Waals surface area (Å²) in [6, 6.07) is 25.7. The van der Waals surface area contributed by atoms with E-state index in [1.54, 1.807) is 30.3 Å². The van der Waals surface area contributed by atoms with E-state index in [1.165, 1.54) is 16.7 Å². The van der Waals surface area contributed by atoms with E-state index in [2.05, 4.69) is 5.32 Å². The number of anilines is 2. The third-order valence-corrected chi connectivity index (χ3v) is 6.70. The molecule has 4 rings (SSSR count). The van der Waals surface area contributed by atoms with Crippen molar-refractivity contribution < 1.29 is 9.59 Å². The van der Waals surface area contributed by atoms with E-state index in [4.69, 9.17) is 11.6 Å². The first-order chi connectivity index (χ1) is 16.0. The van der Waals surface area contributed by atoms with Crippen LogP contribution < -0.4 is 10.2 Å². The Labute approximate surface area is 201 Å². The summed E-state index contributed by atoms with van der Waals surface area (Å²) in [5, 5.41) is 13.1. The van der Waals surface area contributed by atoms with Crippen LogP contribution in [0.3, 0.4) is 0 Å². The number of thioether (sulfide) groups is 1. The van der Waals surface area contributed by atoms with Crippen molar-refractivity contribution >= 4 is 46.6 Å². The lowest BCUT2D eigenvalue weighted by atomic mass is 10.1. The van der Waals surface area contributed by atoms with E-state index in [1.807, 2.05) is 61.5 Å². The minimum atomic E-state index is -0.555. The number of aryl methyl sites for hydroxylation is 1. The number of carbonyl (C=O) groups is 2. The molecule has 0 aromatic heterocycles. The van der Waals surface area contributed by atoms with Gasteiger partial charge in [0, 0.05) is 10.7 Å². The third-order valence-electron chi connectivity index (χ3n) is 5.20. The predicted octanol–water partition coefficient (Wildman–Crippen LogP) is 5.71. The Hall–Kier alpha value is -3.53. The molecule has 0 aliphatic carbocycles. The second kappa shape index (κ2) is 9.95. The molecule has 164 valence electrons. The smallest absolute Gasteiger partial charge is 0.269 e. The van der Waals surface area contributed by atoms with Crippen LogP contribution in [-0.2, 0) is 16.0 Å². The molecule has 1 atom stereocenters. The standard InChI is InChI=1S/C26H20ClN3O2S/c1-17-8-5-6-13-22(17)30-25(32)23(15-18-9-7-10-19(27)14-18)33-26(30)21(16-28)24(31)29-20-11-3-2-4-12-20/h2-14,23H,15H2,1H3,(H,29,31)/b26-21+/t23-/m0/s1. The van der Waals surface area contributed by atoms with Crippen molar-refractivity contribution in [1.82, 2.24) is 0 Å². The zero-order valence-corrected chi connectivity index (χ0v) is 19.4. The van der Waals surface area contributed by atoms with Crippen LogP contribution in [-0.4, -0.2) is 17.1 Å². The molecule has 1 aliphatic rings. The highest BCUT2D eigenvalue weighted by Crippen LogP contribution is 2.43. The molecular formula is C26H20ClN3O2S. The summed E-state index contributed by atoms with van der Waals surface area (Å²) < 4.78 is 0. The van der Waals surface area contributed by atoms with Crippen LogP contribution in [0.2, 0.25) is 5.02 Å². The molecule has 5 nitrogen and oxygen atoms in total. The van der Waals surface area contributed by atoms with E-state index in [0.717, 1.165) is 11.1 Å². The Kier molecular flexibility index (Phi) is 6.83. The summed E-state index contributed by atoms with van der Waals surface area (Å²) >= 11 is 7.36. The minimum Gasteiger partial charge on any atom is -0.321 e. The molecule has 0 unspecified atom stereocenters. The molecule has 1 fully saturated rings. The third kappa shape index (κ3) is 4.95. The highest BCUT2D eigenvalue weighted by Gasteiger charge is 2.41. The fourth-order valence-electron chi connectivity index (χ4n) is 3.61. The van der Waals surface area contributed by atoms with E-state index in [0.29, 0.717) is 27.8 Å². The number of nitrogens with one attached hydrogen (secondary N) is 1. The summed E-state index contributed by atoms with van der Waals surface area (Å²) in [6.07, 6.45) is 0.426. The van der Waals surface area contributed by atoms with E-state index in [9.17, 15) is 14.9 Å².